The Hall–Kier alpha value is -4.37. The minimum atomic E-state index is -1.32. The van der Waals surface area contributed by atoms with Crippen LogP contribution >= 0.6 is 23.1 Å². The molecule has 4 heterocycles. The van der Waals surface area contributed by atoms with Gasteiger partial charge in [0.15, 0.2) is 10.8 Å². The predicted octanol–water partition coefficient (Wildman–Crippen LogP) is 1.01. The molecule has 0 spiro atoms. The van der Waals surface area contributed by atoms with Crippen molar-refractivity contribution in [2.45, 2.75) is 24.4 Å². The summed E-state index contributed by atoms with van der Waals surface area (Å²) in [5.74, 6) is -2.15. The zero-order valence-electron chi connectivity index (χ0n) is 21.1. The lowest BCUT2D eigenvalue weighted by Gasteiger charge is -2.49. The zero-order chi connectivity index (χ0) is 28.6. The number of carboxylic acid groups (broad SMARTS) is 1. The van der Waals surface area contributed by atoms with E-state index in [4.69, 9.17) is 10.5 Å². The molecule has 3 amide bonds. The molecule has 0 saturated carbocycles. The zero-order valence-corrected chi connectivity index (χ0v) is 22.7. The van der Waals surface area contributed by atoms with Crippen LogP contribution < -0.4 is 15.8 Å². The fraction of sp³-hybridized carbons (Fsp3) is 0.280. The number of aromatic nitrogens is 1. The van der Waals surface area contributed by atoms with Gasteiger partial charge in [0, 0.05) is 35.4 Å². The van der Waals surface area contributed by atoms with E-state index in [-0.39, 0.29) is 28.2 Å². The van der Waals surface area contributed by atoms with Crippen LogP contribution in [0.3, 0.4) is 0 Å². The molecule has 2 atom stereocenters. The number of amides is 3. The van der Waals surface area contributed by atoms with Gasteiger partial charge >= 0.3 is 5.97 Å². The van der Waals surface area contributed by atoms with Gasteiger partial charge in [-0.2, -0.15) is 0 Å². The Morgan fingerprint density at radius 3 is 2.77 bits per heavy atom. The van der Waals surface area contributed by atoms with Crippen LogP contribution in [0, 0.1) is 0 Å². The number of carboxylic acids is 1. The molecule has 2 saturated heterocycles. The van der Waals surface area contributed by atoms with E-state index < -0.39 is 34.9 Å². The van der Waals surface area contributed by atoms with E-state index in [1.54, 1.807) is 18.1 Å². The second kappa shape index (κ2) is 11.0. The number of nitrogens with two attached hydrogens (primary N) is 1. The molecule has 2 fully saturated rings. The fourth-order valence-corrected chi connectivity index (χ4v) is 6.63. The standard InChI is InChI=1S/C25H24N6O7S2/c1-38-16-5-3-2-4-13(16)9-30-7-6-12(21(30)33)8-14-10-39-23-18(22(34)31(23)19(14)24(35)36)28-20(32)17(29-37)15-11-40-25(26)27-15/h2-5,8,11,18,23,37H,6-7,9-10H2,1H3,(H2,26,27)(H,28,32)(H,35,36)/b12-8+,29-17-/t18-,23-/m1/s1. The van der Waals surface area contributed by atoms with Gasteiger partial charge in [-0.25, -0.2) is 9.78 Å². The molecule has 40 heavy (non-hydrogen) atoms. The number of methoxy groups -OCH3 is 1. The molecule has 13 nitrogen and oxygen atoms in total. The summed E-state index contributed by atoms with van der Waals surface area (Å²) in [7, 11) is 1.56. The number of nitrogen functional groups attached to an aromatic ring is 1. The number of carbonyl (C=O) groups excluding carboxylic acids is 3. The third kappa shape index (κ3) is 4.88. The van der Waals surface area contributed by atoms with Crippen molar-refractivity contribution >= 4 is 57.6 Å². The third-order valence-corrected chi connectivity index (χ3v) is 8.66. The molecule has 3 aliphatic rings. The summed E-state index contributed by atoms with van der Waals surface area (Å²) in [6.45, 7) is 0.810. The number of β-lactam (4-membered cyclic amide) rings is 1. The number of thiazole rings is 1. The summed E-state index contributed by atoms with van der Waals surface area (Å²) in [6.07, 6.45) is 1.98. The van der Waals surface area contributed by atoms with Crippen molar-refractivity contribution in [1.82, 2.24) is 20.1 Å². The number of para-hydroxylation sites is 1. The molecular weight excluding hydrogens is 560 g/mol. The monoisotopic (exact) mass is 584 g/mol. The number of allylic oxidation sites excluding steroid dienone is 1. The number of thioether (sulfide) groups is 1. The maximum Gasteiger partial charge on any atom is 0.352 e. The Bertz CT molecular complexity index is 1500. The molecule has 3 aliphatic heterocycles. The van der Waals surface area contributed by atoms with E-state index in [1.165, 1.54) is 17.1 Å². The van der Waals surface area contributed by atoms with Crippen LogP contribution in [0.2, 0.25) is 0 Å². The molecular formula is C25H24N6O7S2. The Kier molecular flexibility index (Phi) is 7.49. The van der Waals surface area contributed by atoms with E-state index in [1.807, 2.05) is 24.3 Å². The number of anilines is 1. The molecule has 0 aliphatic carbocycles. The number of nitrogens with one attached hydrogen (secondary N) is 1. The van der Waals surface area contributed by atoms with Crippen LogP contribution in [0.15, 0.2) is 57.7 Å². The highest BCUT2D eigenvalue weighted by Gasteiger charge is 2.54. The number of ether oxygens (including phenoxy) is 1. The van der Waals surface area contributed by atoms with Crippen LogP contribution in [0.1, 0.15) is 17.7 Å². The Morgan fingerprint density at radius 2 is 2.10 bits per heavy atom. The van der Waals surface area contributed by atoms with Crippen LogP contribution in [-0.2, 0) is 25.7 Å². The van der Waals surface area contributed by atoms with Crippen molar-refractivity contribution in [1.29, 1.82) is 0 Å². The largest absolute Gasteiger partial charge is 0.496 e. The summed E-state index contributed by atoms with van der Waals surface area (Å²) in [6, 6.07) is 6.36. The third-order valence-electron chi connectivity index (χ3n) is 6.68. The van der Waals surface area contributed by atoms with E-state index in [2.05, 4.69) is 15.5 Å². The van der Waals surface area contributed by atoms with Crippen molar-refractivity contribution in [3.63, 3.8) is 0 Å². The summed E-state index contributed by atoms with van der Waals surface area (Å²) in [5, 5.41) is 25.7. The maximum atomic E-state index is 13.1. The number of nitrogens with zero attached hydrogens (tertiary/aromatic N) is 4. The molecule has 15 heteroatoms. The molecule has 1 aromatic heterocycles. The molecule has 1 aromatic carbocycles. The van der Waals surface area contributed by atoms with E-state index in [0.29, 0.717) is 36.4 Å². The highest BCUT2D eigenvalue weighted by Crippen LogP contribution is 2.41. The minimum absolute atomic E-state index is 0.0449. The lowest BCUT2D eigenvalue weighted by Crippen LogP contribution is -2.71. The second-order valence-corrected chi connectivity index (χ2v) is 11.0. The second-order valence-electron chi connectivity index (χ2n) is 9.02. The van der Waals surface area contributed by atoms with Gasteiger partial charge in [0.1, 0.15) is 28.6 Å². The highest BCUT2D eigenvalue weighted by atomic mass is 32.2. The van der Waals surface area contributed by atoms with Gasteiger partial charge in [-0.15, -0.1) is 23.1 Å². The number of aliphatic carboxylic acids is 1. The first-order valence-electron chi connectivity index (χ1n) is 12.0. The highest BCUT2D eigenvalue weighted by molar-refractivity contribution is 8.00. The van der Waals surface area contributed by atoms with Crippen molar-refractivity contribution < 1.29 is 34.2 Å². The van der Waals surface area contributed by atoms with Crippen molar-refractivity contribution in [3.05, 3.63) is 63.8 Å². The number of carbonyl (C=O) groups is 4. The molecule has 0 radical (unpaired) electrons. The first-order valence-corrected chi connectivity index (χ1v) is 13.9. The van der Waals surface area contributed by atoms with E-state index in [0.717, 1.165) is 21.8 Å². The maximum absolute atomic E-state index is 13.1. The van der Waals surface area contributed by atoms with E-state index in [9.17, 15) is 29.5 Å². The number of hydrogen-bond donors (Lipinski definition) is 4. The summed E-state index contributed by atoms with van der Waals surface area (Å²) >= 11 is 2.30. The molecule has 0 unspecified atom stereocenters. The first-order chi connectivity index (χ1) is 19.2. The quantitative estimate of drug-likeness (QED) is 0.115. The number of rotatable bonds is 8. The van der Waals surface area contributed by atoms with Gasteiger partial charge in [0.05, 0.1) is 7.11 Å². The number of likely N-dealkylation sites (tertiary alicyclic amines) is 1. The Balaban J connectivity index is 1.32. The SMILES string of the molecule is COc1ccccc1CN1CC/C(=C\C2=C(C(=O)O)N3C(=O)[C@@H](NC(=O)/C(=N\O)c4csc(N)n4)[C@H]3SC2)C1=O. The Labute approximate surface area is 236 Å². The van der Waals surface area contributed by atoms with Gasteiger partial charge < -0.3 is 31.0 Å². The van der Waals surface area contributed by atoms with Crippen LogP contribution in [0.5, 0.6) is 5.75 Å². The van der Waals surface area contributed by atoms with Crippen molar-refractivity contribution in [2.75, 3.05) is 25.1 Å². The Morgan fingerprint density at radius 1 is 1.32 bits per heavy atom. The van der Waals surface area contributed by atoms with Crippen LogP contribution in [-0.4, -0.2) is 85.3 Å². The lowest BCUT2D eigenvalue weighted by atomic mass is 10.0. The van der Waals surface area contributed by atoms with Gasteiger partial charge in [0.25, 0.3) is 11.8 Å². The topological polar surface area (TPSA) is 188 Å². The number of benzene rings is 1. The minimum Gasteiger partial charge on any atom is -0.496 e. The van der Waals surface area contributed by atoms with E-state index >= 15 is 0 Å². The number of oxime groups is 1. The van der Waals surface area contributed by atoms with Crippen LogP contribution in [0.4, 0.5) is 5.13 Å². The number of hydrogen-bond acceptors (Lipinski definition) is 11. The molecule has 208 valence electrons. The molecule has 5 rings (SSSR count). The summed E-state index contributed by atoms with van der Waals surface area (Å²) in [4.78, 5) is 57.8. The number of fused-ring (bicyclic) bond motifs is 1. The average molecular weight is 585 g/mol. The van der Waals surface area contributed by atoms with Gasteiger partial charge in [-0.1, -0.05) is 23.4 Å². The normalized spacial score (nSPS) is 21.9. The molecule has 2 aromatic rings. The van der Waals surface area contributed by atoms with Gasteiger partial charge in [-0.3, -0.25) is 19.3 Å². The van der Waals surface area contributed by atoms with Gasteiger partial charge in [-0.05, 0) is 24.1 Å². The first kappa shape index (κ1) is 27.2. The van der Waals surface area contributed by atoms with Crippen molar-refractivity contribution in [2.24, 2.45) is 5.16 Å². The van der Waals surface area contributed by atoms with Crippen LogP contribution in [0.25, 0.3) is 0 Å². The average Bonchev–Trinajstić information content (AvgIpc) is 3.52. The molecule has 0 bridgehead atoms. The summed E-state index contributed by atoms with van der Waals surface area (Å²) in [5.41, 5.74) is 6.62. The molecule has 5 N–H and O–H groups in total. The smallest absolute Gasteiger partial charge is 0.352 e. The van der Waals surface area contributed by atoms with Crippen molar-refractivity contribution in [3.8, 4) is 5.75 Å². The van der Waals surface area contributed by atoms with Gasteiger partial charge in [0.2, 0.25) is 5.91 Å². The predicted molar refractivity (Wildman–Crippen MR) is 146 cm³/mol. The lowest BCUT2D eigenvalue weighted by molar-refractivity contribution is -0.150. The fourth-order valence-electron chi connectivity index (χ4n) is 4.77. The summed E-state index contributed by atoms with van der Waals surface area (Å²) < 4.78 is 5.38.